The SMILES string of the molecule is CCCCS(=O)(=O)c1ccc2c(=O)c3cc(C(=O)O)ccc3oc2c1. The quantitative estimate of drug-likeness (QED) is 0.701. The zero-order valence-corrected chi connectivity index (χ0v) is 14.3. The summed E-state index contributed by atoms with van der Waals surface area (Å²) in [6, 6.07) is 8.14. The highest BCUT2D eigenvalue weighted by molar-refractivity contribution is 7.91. The van der Waals surface area contributed by atoms with Crippen LogP contribution in [0.2, 0.25) is 0 Å². The number of unbranched alkanes of at least 4 members (excludes halogenated alkanes) is 1. The van der Waals surface area contributed by atoms with E-state index < -0.39 is 21.2 Å². The molecule has 0 bridgehead atoms. The van der Waals surface area contributed by atoms with Crippen LogP contribution in [0.3, 0.4) is 0 Å². The fourth-order valence-electron chi connectivity index (χ4n) is 2.61. The Labute approximate surface area is 143 Å². The number of hydrogen-bond acceptors (Lipinski definition) is 5. The summed E-state index contributed by atoms with van der Waals surface area (Å²) in [7, 11) is -3.44. The molecule has 25 heavy (non-hydrogen) atoms. The number of fused-ring (bicyclic) bond motifs is 2. The molecule has 0 radical (unpaired) electrons. The van der Waals surface area contributed by atoms with Gasteiger partial charge in [-0.3, -0.25) is 4.79 Å². The van der Waals surface area contributed by atoms with Crippen LogP contribution in [-0.2, 0) is 9.84 Å². The van der Waals surface area contributed by atoms with Crippen molar-refractivity contribution >= 4 is 37.7 Å². The van der Waals surface area contributed by atoms with Crippen molar-refractivity contribution < 1.29 is 22.7 Å². The second-order valence-electron chi connectivity index (χ2n) is 5.78. The van der Waals surface area contributed by atoms with Gasteiger partial charge in [-0.25, -0.2) is 13.2 Å². The third-order valence-electron chi connectivity index (χ3n) is 4.01. The normalized spacial score (nSPS) is 11.9. The summed E-state index contributed by atoms with van der Waals surface area (Å²) >= 11 is 0. The van der Waals surface area contributed by atoms with E-state index >= 15 is 0 Å². The summed E-state index contributed by atoms with van der Waals surface area (Å²) in [5.41, 5.74) is -0.0291. The van der Waals surface area contributed by atoms with Crippen molar-refractivity contribution in [2.24, 2.45) is 0 Å². The second-order valence-corrected chi connectivity index (χ2v) is 7.89. The Balaban J connectivity index is 2.22. The highest BCUT2D eigenvalue weighted by atomic mass is 32.2. The van der Waals surface area contributed by atoms with Crippen molar-refractivity contribution in [2.75, 3.05) is 5.75 Å². The van der Waals surface area contributed by atoms with Crippen LogP contribution in [0.5, 0.6) is 0 Å². The molecule has 1 N–H and O–H groups in total. The van der Waals surface area contributed by atoms with Gasteiger partial charge in [0, 0.05) is 6.07 Å². The summed E-state index contributed by atoms with van der Waals surface area (Å²) in [5, 5.41) is 9.41. The topological polar surface area (TPSA) is 102 Å². The summed E-state index contributed by atoms with van der Waals surface area (Å²) < 4.78 is 30.3. The van der Waals surface area contributed by atoms with Crippen LogP contribution < -0.4 is 5.43 Å². The number of rotatable bonds is 5. The van der Waals surface area contributed by atoms with E-state index in [0.29, 0.717) is 6.42 Å². The van der Waals surface area contributed by atoms with Gasteiger partial charge in [0.25, 0.3) is 0 Å². The second kappa shape index (κ2) is 6.33. The van der Waals surface area contributed by atoms with Crippen LogP contribution in [0.25, 0.3) is 21.9 Å². The molecule has 0 amide bonds. The lowest BCUT2D eigenvalue weighted by Crippen LogP contribution is -2.08. The molecule has 7 heteroatoms. The summed E-state index contributed by atoms with van der Waals surface area (Å²) in [6.45, 7) is 1.91. The molecule has 0 saturated heterocycles. The van der Waals surface area contributed by atoms with Crippen molar-refractivity contribution in [3.05, 3.63) is 52.2 Å². The Morgan fingerprint density at radius 3 is 2.52 bits per heavy atom. The minimum atomic E-state index is -3.44. The minimum absolute atomic E-state index is 0.0158. The van der Waals surface area contributed by atoms with E-state index in [1.54, 1.807) is 0 Å². The van der Waals surface area contributed by atoms with Gasteiger partial charge in [-0.05, 0) is 36.8 Å². The zero-order valence-electron chi connectivity index (χ0n) is 13.5. The molecule has 3 rings (SSSR count). The first kappa shape index (κ1) is 17.2. The van der Waals surface area contributed by atoms with Crippen molar-refractivity contribution in [1.82, 2.24) is 0 Å². The predicted octanol–water partition coefficient (Wildman–Crippen LogP) is 3.22. The fraction of sp³-hybridized carbons (Fsp3) is 0.222. The van der Waals surface area contributed by atoms with E-state index in [2.05, 4.69) is 0 Å². The molecule has 0 aliphatic carbocycles. The van der Waals surface area contributed by atoms with Gasteiger partial charge < -0.3 is 9.52 Å². The molecular weight excluding hydrogens is 344 g/mol. The number of carboxylic acid groups (broad SMARTS) is 1. The monoisotopic (exact) mass is 360 g/mol. The van der Waals surface area contributed by atoms with Gasteiger partial charge >= 0.3 is 5.97 Å². The van der Waals surface area contributed by atoms with Gasteiger partial charge in [0.15, 0.2) is 9.84 Å². The number of sulfone groups is 1. The first-order valence-electron chi connectivity index (χ1n) is 7.80. The van der Waals surface area contributed by atoms with Crippen LogP contribution >= 0.6 is 0 Å². The van der Waals surface area contributed by atoms with Gasteiger partial charge in [0.05, 0.1) is 27.0 Å². The molecule has 2 aromatic carbocycles. The molecule has 1 aromatic heterocycles. The zero-order chi connectivity index (χ0) is 18.2. The van der Waals surface area contributed by atoms with Crippen LogP contribution in [0.15, 0.2) is 50.5 Å². The molecular formula is C18H16O6S. The molecule has 0 spiro atoms. The summed E-state index contributed by atoms with van der Waals surface area (Å²) in [4.78, 5) is 23.8. The number of aromatic carboxylic acids is 1. The Hall–Kier alpha value is -2.67. The minimum Gasteiger partial charge on any atom is -0.478 e. The fourth-order valence-corrected chi connectivity index (χ4v) is 4.08. The molecule has 1 heterocycles. The molecule has 6 nitrogen and oxygen atoms in total. The van der Waals surface area contributed by atoms with Gasteiger partial charge in [-0.15, -0.1) is 0 Å². The first-order chi connectivity index (χ1) is 11.8. The number of carbonyl (C=O) groups is 1. The molecule has 130 valence electrons. The van der Waals surface area contributed by atoms with E-state index in [4.69, 9.17) is 9.52 Å². The number of benzene rings is 2. The van der Waals surface area contributed by atoms with Crippen molar-refractivity contribution in [2.45, 2.75) is 24.7 Å². The van der Waals surface area contributed by atoms with E-state index in [1.165, 1.54) is 36.4 Å². The number of carboxylic acids is 1. The molecule has 0 saturated carbocycles. The third-order valence-corrected chi connectivity index (χ3v) is 5.81. The smallest absolute Gasteiger partial charge is 0.335 e. The van der Waals surface area contributed by atoms with E-state index in [1.807, 2.05) is 6.92 Å². The van der Waals surface area contributed by atoms with Crippen molar-refractivity contribution in [3.63, 3.8) is 0 Å². The third kappa shape index (κ3) is 3.15. The predicted molar refractivity (Wildman–Crippen MR) is 93.9 cm³/mol. The summed E-state index contributed by atoms with van der Waals surface area (Å²) in [5.74, 6) is -1.10. The van der Waals surface area contributed by atoms with Crippen molar-refractivity contribution in [3.8, 4) is 0 Å². The molecule has 3 aromatic rings. The highest BCUT2D eigenvalue weighted by Crippen LogP contribution is 2.23. The van der Waals surface area contributed by atoms with Crippen molar-refractivity contribution in [1.29, 1.82) is 0 Å². The molecule has 0 aliphatic rings. The molecule has 0 unspecified atom stereocenters. The van der Waals surface area contributed by atoms with Crippen LogP contribution in [-0.4, -0.2) is 25.2 Å². The Bertz CT molecular complexity index is 1140. The van der Waals surface area contributed by atoms with Crippen LogP contribution in [0, 0.1) is 0 Å². The summed E-state index contributed by atoms with van der Waals surface area (Å²) in [6.07, 6.45) is 1.32. The molecule has 0 fully saturated rings. The van der Waals surface area contributed by atoms with Crippen LogP contribution in [0.4, 0.5) is 0 Å². The average molecular weight is 360 g/mol. The van der Waals surface area contributed by atoms with Gasteiger partial charge in [0.2, 0.25) is 5.43 Å². The largest absolute Gasteiger partial charge is 0.478 e. The Morgan fingerprint density at radius 1 is 1.08 bits per heavy atom. The average Bonchev–Trinajstić information content (AvgIpc) is 2.59. The highest BCUT2D eigenvalue weighted by Gasteiger charge is 2.17. The van der Waals surface area contributed by atoms with E-state index in [9.17, 15) is 18.0 Å². The lowest BCUT2D eigenvalue weighted by molar-refractivity contribution is 0.0697. The standard InChI is InChI=1S/C18H16O6S/c1-2-3-8-25(22,23)12-5-6-13-16(10-12)24-15-7-4-11(18(20)21)9-14(15)17(13)19/h4-7,9-10H,2-3,8H2,1H3,(H,20,21). The van der Waals surface area contributed by atoms with E-state index in [0.717, 1.165) is 6.42 Å². The first-order valence-corrected chi connectivity index (χ1v) is 9.45. The number of hydrogen-bond donors (Lipinski definition) is 1. The molecule has 0 aliphatic heterocycles. The maximum Gasteiger partial charge on any atom is 0.335 e. The Morgan fingerprint density at radius 2 is 1.84 bits per heavy atom. The maximum absolute atomic E-state index is 12.6. The van der Waals surface area contributed by atoms with Crippen LogP contribution in [0.1, 0.15) is 30.1 Å². The van der Waals surface area contributed by atoms with Gasteiger partial charge in [0.1, 0.15) is 11.2 Å². The van der Waals surface area contributed by atoms with E-state index in [-0.39, 0.29) is 38.2 Å². The van der Waals surface area contributed by atoms with Gasteiger partial charge in [-0.1, -0.05) is 13.3 Å². The molecule has 0 atom stereocenters. The maximum atomic E-state index is 12.6. The van der Waals surface area contributed by atoms with Gasteiger partial charge in [-0.2, -0.15) is 0 Å². The lowest BCUT2D eigenvalue weighted by Gasteiger charge is -2.06. The Kier molecular flexibility index (Phi) is 4.34. The lowest BCUT2D eigenvalue weighted by atomic mass is 10.1.